The van der Waals surface area contributed by atoms with Gasteiger partial charge >= 0.3 is 0 Å². The number of aliphatic hydroxyl groups is 8. The van der Waals surface area contributed by atoms with E-state index in [-0.39, 0.29) is 66.1 Å². The van der Waals surface area contributed by atoms with Crippen molar-refractivity contribution in [3.63, 3.8) is 0 Å². The summed E-state index contributed by atoms with van der Waals surface area (Å²) in [6, 6.07) is 0. The molecule has 0 bridgehead atoms. The molecule has 2 aliphatic heterocycles. The Hall–Kier alpha value is -0.760. The molecule has 2 fully saturated rings. The van der Waals surface area contributed by atoms with Gasteiger partial charge in [0.2, 0.25) is 0 Å². The molecule has 2 saturated heterocycles. The van der Waals surface area contributed by atoms with Crippen LogP contribution in [0.15, 0.2) is 0 Å². The summed E-state index contributed by atoms with van der Waals surface area (Å²) in [5.41, 5.74) is 0. The fourth-order valence-electron chi connectivity index (χ4n) is 5.72. The van der Waals surface area contributed by atoms with Gasteiger partial charge in [-0.25, -0.2) is 0 Å². The predicted octanol–water partition coefficient (Wildman–Crippen LogP) is -2.16. The van der Waals surface area contributed by atoms with E-state index in [2.05, 4.69) is 0 Å². The number of hydrogen-bond donors (Lipinski definition) is 8. The maximum absolute atomic E-state index is 10.3. The molecule has 19 heteroatoms. The average Bonchev–Trinajstić information content (AvgIpc) is 3.07. The van der Waals surface area contributed by atoms with Gasteiger partial charge in [0.1, 0.15) is 48.8 Å². The quantitative estimate of drug-likeness (QED) is 0.0419. The topological polar surface area (TPSA) is 263 Å². The number of hydrogen-bond acceptors (Lipinski definition) is 19. The maximum atomic E-state index is 10.3. The van der Waals surface area contributed by atoms with Gasteiger partial charge in [-0.15, -0.1) is 0 Å². The van der Waals surface area contributed by atoms with Crippen LogP contribution in [0.4, 0.5) is 0 Å². The van der Waals surface area contributed by atoms with Gasteiger partial charge in [-0.3, -0.25) is 0 Å². The second kappa shape index (κ2) is 26.4. The van der Waals surface area contributed by atoms with Crippen LogP contribution in [0.1, 0.15) is 55.4 Å². The van der Waals surface area contributed by atoms with Crippen molar-refractivity contribution in [1.29, 1.82) is 0 Å². The molecule has 328 valence electrons. The number of ether oxygens (including phenoxy) is 11. The normalized spacial score (nSPS) is 33.4. The van der Waals surface area contributed by atoms with Crippen LogP contribution < -0.4 is 0 Å². The van der Waals surface area contributed by atoms with E-state index >= 15 is 0 Å². The highest BCUT2D eigenvalue weighted by Crippen LogP contribution is 2.35. The lowest BCUT2D eigenvalue weighted by Gasteiger charge is -2.50. The highest BCUT2D eigenvalue weighted by molar-refractivity contribution is 4.98. The minimum atomic E-state index is -1.39. The first kappa shape index (κ1) is 50.4. The van der Waals surface area contributed by atoms with Crippen molar-refractivity contribution in [3.8, 4) is 0 Å². The van der Waals surface area contributed by atoms with Gasteiger partial charge in [0.05, 0.1) is 115 Å². The van der Waals surface area contributed by atoms with Crippen LogP contribution in [0.25, 0.3) is 0 Å². The molecule has 0 aromatic rings. The molecule has 0 aromatic heterocycles. The van der Waals surface area contributed by atoms with Crippen molar-refractivity contribution >= 4 is 0 Å². The van der Waals surface area contributed by atoms with Gasteiger partial charge in [-0.1, -0.05) is 0 Å². The number of rotatable bonds is 28. The molecule has 2 rings (SSSR count). The van der Waals surface area contributed by atoms with Crippen LogP contribution >= 0.6 is 0 Å². The first-order chi connectivity index (χ1) is 25.9. The molecular formula is C36H70O19. The second-order valence-electron chi connectivity index (χ2n) is 14.9. The van der Waals surface area contributed by atoms with Crippen LogP contribution in [0.5, 0.6) is 0 Å². The first-order valence-corrected chi connectivity index (χ1v) is 19.1. The van der Waals surface area contributed by atoms with E-state index in [0.717, 1.165) is 0 Å². The Labute approximate surface area is 324 Å². The average molecular weight is 807 g/mol. The smallest absolute Gasteiger partial charge is 0.187 e. The van der Waals surface area contributed by atoms with Gasteiger partial charge in [-0.05, 0) is 55.4 Å². The summed E-state index contributed by atoms with van der Waals surface area (Å²) in [4.78, 5) is 0. The molecule has 0 spiro atoms. The molecule has 0 saturated carbocycles. The van der Waals surface area contributed by atoms with Crippen LogP contribution in [-0.2, 0) is 52.1 Å². The third kappa shape index (κ3) is 19.2. The first-order valence-electron chi connectivity index (χ1n) is 19.1. The van der Waals surface area contributed by atoms with Gasteiger partial charge < -0.3 is 93.0 Å². The minimum Gasteiger partial charge on any atom is -0.391 e. The molecule has 0 radical (unpaired) electrons. The van der Waals surface area contributed by atoms with Crippen molar-refractivity contribution in [2.75, 3.05) is 66.1 Å². The van der Waals surface area contributed by atoms with Gasteiger partial charge in [0, 0.05) is 0 Å². The Bertz CT molecular complexity index is 969. The maximum Gasteiger partial charge on any atom is 0.187 e. The molecule has 55 heavy (non-hydrogen) atoms. The van der Waals surface area contributed by atoms with E-state index in [9.17, 15) is 40.9 Å². The summed E-state index contributed by atoms with van der Waals surface area (Å²) in [6.45, 7) is 10.7. The van der Waals surface area contributed by atoms with Crippen molar-refractivity contribution in [1.82, 2.24) is 0 Å². The zero-order valence-corrected chi connectivity index (χ0v) is 33.5. The fraction of sp³-hybridized carbons (Fsp3) is 1.00. The lowest BCUT2D eigenvalue weighted by Crippen LogP contribution is -2.67. The molecular weight excluding hydrogens is 736 g/mol. The van der Waals surface area contributed by atoms with Crippen LogP contribution in [0.3, 0.4) is 0 Å². The molecule has 19 nitrogen and oxygen atoms in total. The Balaban J connectivity index is 2.73. The summed E-state index contributed by atoms with van der Waals surface area (Å²) >= 11 is 0. The summed E-state index contributed by atoms with van der Waals surface area (Å²) in [6.07, 6.45) is -18.5. The second-order valence-corrected chi connectivity index (χ2v) is 14.9. The molecule has 0 aliphatic carbocycles. The summed E-state index contributed by atoms with van der Waals surface area (Å²) in [7, 11) is 0. The van der Waals surface area contributed by atoms with Crippen molar-refractivity contribution in [3.05, 3.63) is 0 Å². The zero-order valence-electron chi connectivity index (χ0n) is 33.5. The Kier molecular flexibility index (Phi) is 24.1. The summed E-state index contributed by atoms with van der Waals surface area (Å²) < 4.78 is 68.1. The minimum absolute atomic E-state index is 0.0553. The molecule has 2 heterocycles. The highest BCUT2D eigenvalue weighted by Gasteiger charge is 2.55. The third-order valence-electron chi connectivity index (χ3n) is 7.91. The lowest BCUT2D eigenvalue weighted by atomic mass is 9.95. The fourth-order valence-corrected chi connectivity index (χ4v) is 5.72. The number of aliphatic hydroxyl groups excluding tert-OH is 8. The van der Waals surface area contributed by atoms with E-state index in [1.807, 2.05) is 0 Å². The van der Waals surface area contributed by atoms with E-state index < -0.39 is 110 Å². The van der Waals surface area contributed by atoms with Crippen LogP contribution in [0.2, 0.25) is 0 Å². The molecule has 2 aliphatic rings. The van der Waals surface area contributed by atoms with Crippen molar-refractivity contribution in [2.24, 2.45) is 0 Å². The van der Waals surface area contributed by atoms with Crippen molar-refractivity contribution in [2.45, 2.75) is 166 Å². The van der Waals surface area contributed by atoms with Crippen molar-refractivity contribution < 1.29 is 93.0 Å². The van der Waals surface area contributed by atoms with E-state index in [0.29, 0.717) is 0 Å². The Morgan fingerprint density at radius 2 is 0.636 bits per heavy atom. The SMILES string of the molecule is CC(O)COCC1O[C@@H](O[C@H]2C(COCC(C)O)OC(OCC(C)O)C(OCC(C)O)C2OCC(C)O)C(OCC(C)O)C(OCC(C)O)C1OCC(C)O. The summed E-state index contributed by atoms with van der Waals surface area (Å²) in [5.74, 6) is 0. The molecule has 0 amide bonds. The lowest BCUT2D eigenvalue weighted by molar-refractivity contribution is -0.377. The standard InChI is InChI=1S/C36H70O19/c1-19(37)9-45-17-27-29(47-11-21(3)39)31(48-12-22(4)40)34(51-15-25(7)43)36(54-27)55-30-28(18-46-10-20(2)38)53-35(52-16-26(8)44)33(50-14-24(6)42)32(30)49-13-23(5)41/h19-44H,9-18H2,1-8H3/t19?,20?,21?,22?,23?,24?,25?,26?,27?,28?,29?,30-,31?,32?,33?,34?,35?,36-/m0/s1. The van der Waals surface area contributed by atoms with E-state index in [4.69, 9.17) is 52.1 Å². The molecule has 18 atom stereocenters. The van der Waals surface area contributed by atoms with Gasteiger partial charge in [0.25, 0.3) is 0 Å². The summed E-state index contributed by atoms with van der Waals surface area (Å²) in [5, 5.41) is 81.2. The van der Waals surface area contributed by atoms with Crippen LogP contribution in [-0.4, -0.2) is 217 Å². The van der Waals surface area contributed by atoms with E-state index in [1.54, 1.807) is 13.8 Å². The largest absolute Gasteiger partial charge is 0.391 e. The molecule has 16 unspecified atom stereocenters. The monoisotopic (exact) mass is 806 g/mol. The van der Waals surface area contributed by atoms with Gasteiger partial charge in [-0.2, -0.15) is 0 Å². The molecule has 0 aromatic carbocycles. The third-order valence-corrected chi connectivity index (χ3v) is 7.91. The Morgan fingerprint density at radius 1 is 0.345 bits per heavy atom. The predicted molar refractivity (Wildman–Crippen MR) is 192 cm³/mol. The molecule has 8 N–H and O–H groups in total. The Morgan fingerprint density at radius 3 is 1.04 bits per heavy atom. The highest BCUT2D eigenvalue weighted by atomic mass is 16.8. The zero-order chi connectivity index (χ0) is 41.2. The van der Waals surface area contributed by atoms with Crippen LogP contribution in [0, 0.1) is 0 Å². The van der Waals surface area contributed by atoms with E-state index in [1.165, 1.54) is 41.5 Å². The van der Waals surface area contributed by atoms with Gasteiger partial charge in [0.15, 0.2) is 12.6 Å².